The number of hydrogen-bond donors (Lipinski definition) is 0. The van der Waals surface area contributed by atoms with Crippen molar-refractivity contribution in [3.63, 3.8) is 0 Å². The summed E-state index contributed by atoms with van der Waals surface area (Å²) < 4.78 is 0. The number of rotatable bonds is 8. The van der Waals surface area contributed by atoms with Gasteiger partial charge in [-0.05, 0) is 73.4 Å². The molecular formula is C32H33O3P. The molecule has 4 aromatic rings. The van der Waals surface area contributed by atoms with E-state index in [9.17, 15) is 4.79 Å². The molecule has 0 spiro atoms. The van der Waals surface area contributed by atoms with Crippen LogP contribution in [0.15, 0.2) is 109 Å². The van der Waals surface area contributed by atoms with Gasteiger partial charge in [0.05, 0.1) is 0 Å². The second kappa shape index (κ2) is 13.0. The molecule has 0 aromatic heterocycles. The van der Waals surface area contributed by atoms with Gasteiger partial charge in [0.25, 0.3) is 0 Å². The first-order chi connectivity index (χ1) is 17.5. The molecule has 0 saturated heterocycles. The summed E-state index contributed by atoms with van der Waals surface area (Å²) in [5, 5.41) is 12.1. The van der Waals surface area contributed by atoms with Gasteiger partial charge in [0.15, 0.2) is 5.78 Å². The maximum atomic E-state index is 14.2. The van der Waals surface area contributed by atoms with Crippen molar-refractivity contribution in [1.29, 1.82) is 0 Å². The van der Waals surface area contributed by atoms with Gasteiger partial charge in [-0.25, -0.2) is 0 Å². The molecule has 0 saturated carbocycles. The van der Waals surface area contributed by atoms with E-state index >= 15 is 0 Å². The summed E-state index contributed by atoms with van der Waals surface area (Å²) in [6, 6.07) is 38.5. The van der Waals surface area contributed by atoms with Crippen LogP contribution in [0.1, 0.15) is 30.0 Å². The summed E-state index contributed by atoms with van der Waals surface area (Å²) in [7, 11) is -2.24. The number of aryl methyl sites for hydroxylation is 2. The van der Waals surface area contributed by atoms with Gasteiger partial charge in [0.2, 0.25) is 0 Å². The van der Waals surface area contributed by atoms with E-state index in [1.165, 1.54) is 32.6 Å². The maximum Gasteiger partial charge on any atom is 0.178 e. The fraction of sp³-hybridized carbons (Fsp3) is 0.188. The van der Waals surface area contributed by atoms with Crippen LogP contribution in [0.4, 0.5) is 0 Å². The number of carboxylic acid groups (broad SMARTS) is 1. The van der Waals surface area contributed by atoms with E-state index in [4.69, 9.17) is 9.90 Å². The first kappa shape index (κ1) is 27.0. The molecule has 0 fully saturated rings. The van der Waals surface area contributed by atoms with Crippen LogP contribution >= 0.6 is 7.26 Å². The molecule has 1 unspecified atom stereocenters. The van der Waals surface area contributed by atoms with Crippen molar-refractivity contribution in [1.82, 2.24) is 0 Å². The van der Waals surface area contributed by atoms with Crippen LogP contribution in [0.25, 0.3) is 0 Å². The molecule has 4 rings (SSSR count). The smallest absolute Gasteiger partial charge is 0.178 e. The van der Waals surface area contributed by atoms with Gasteiger partial charge in [-0.15, -0.1) is 0 Å². The molecule has 0 aliphatic heterocycles. The standard InChI is InChI=1S/C31H32OP.CH2O2/c1-4-31(30(32)23-29-24(2)15-14-16-25(29)3)33(26-17-8-5-9-18-26,27-19-10-6-11-20-27)28-21-12-7-13-22-28;2-1-3/h5-22,31H,4,23H2,1-3H3;1H,(H,2,3)/q+1;/p-1. The van der Waals surface area contributed by atoms with Crippen molar-refractivity contribution in [3.8, 4) is 0 Å². The minimum atomic E-state index is -2.24. The molecular weight excluding hydrogens is 463 g/mol. The van der Waals surface area contributed by atoms with Gasteiger partial charge in [-0.2, -0.15) is 0 Å². The second-order valence-corrected chi connectivity index (χ2v) is 12.4. The molecule has 4 heteroatoms. The van der Waals surface area contributed by atoms with Gasteiger partial charge in [0, 0.05) is 12.9 Å². The minimum absolute atomic E-state index is 0.0938. The maximum absolute atomic E-state index is 14.2. The lowest BCUT2D eigenvalue weighted by Crippen LogP contribution is -2.42. The molecule has 0 N–H and O–H groups in total. The van der Waals surface area contributed by atoms with Crippen molar-refractivity contribution in [3.05, 3.63) is 126 Å². The van der Waals surface area contributed by atoms with Crippen LogP contribution in [-0.4, -0.2) is 17.9 Å². The molecule has 0 amide bonds. The highest BCUT2D eigenvalue weighted by Gasteiger charge is 2.54. The first-order valence-electron chi connectivity index (χ1n) is 12.2. The van der Waals surface area contributed by atoms with Gasteiger partial charge < -0.3 is 9.90 Å². The number of Topliss-reactive ketones (excluding diaryl/α,β-unsaturated/α-hetero) is 1. The number of carbonyl (C=O) groups is 2. The highest BCUT2D eigenvalue weighted by atomic mass is 31.2. The Labute approximate surface area is 215 Å². The molecule has 0 radical (unpaired) electrons. The van der Waals surface area contributed by atoms with Gasteiger partial charge in [0.1, 0.15) is 28.8 Å². The van der Waals surface area contributed by atoms with Crippen molar-refractivity contribution in [2.75, 3.05) is 0 Å². The van der Waals surface area contributed by atoms with Gasteiger partial charge in [-0.3, -0.25) is 4.79 Å². The van der Waals surface area contributed by atoms with Crippen LogP contribution < -0.4 is 21.0 Å². The van der Waals surface area contributed by atoms with Crippen molar-refractivity contribution < 1.29 is 14.7 Å². The predicted molar refractivity (Wildman–Crippen MR) is 150 cm³/mol. The Kier molecular flexibility index (Phi) is 9.73. The Hall–Kier alpha value is -3.55. The van der Waals surface area contributed by atoms with E-state index in [2.05, 4.69) is 130 Å². The molecule has 0 aliphatic carbocycles. The first-order valence-corrected chi connectivity index (χ1v) is 14.0. The zero-order valence-corrected chi connectivity index (χ0v) is 22.0. The predicted octanol–water partition coefficient (Wildman–Crippen LogP) is 4.55. The second-order valence-electron chi connectivity index (χ2n) is 8.76. The minimum Gasteiger partial charge on any atom is -0.554 e. The summed E-state index contributed by atoms with van der Waals surface area (Å²) in [5.74, 6) is 0.333. The highest BCUT2D eigenvalue weighted by Crippen LogP contribution is 2.61. The SMILES string of the molecule is CCC(C(=O)Cc1c(C)cccc1C)[P+](c1ccccc1)(c1ccccc1)c1ccccc1.O=C[O-]. The molecule has 3 nitrogen and oxygen atoms in total. The number of carbonyl (C=O) groups excluding carboxylic acids is 2. The molecule has 4 aromatic carbocycles. The summed E-state index contributed by atoms with van der Waals surface area (Å²) in [4.78, 5) is 22.5. The number of benzene rings is 4. The van der Waals surface area contributed by atoms with E-state index in [-0.39, 0.29) is 5.66 Å². The monoisotopic (exact) mass is 496 g/mol. The molecule has 0 bridgehead atoms. The summed E-state index contributed by atoms with van der Waals surface area (Å²) >= 11 is 0. The lowest BCUT2D eigenvalue weighted by molar-refractivity contribution is -0.283. The third-order valence-corrected chi connectivity index (χ3v) is 11.6. The topological polar surface area (TPSA) is 57.2 Å². The van der Waals surface area contributed by atoms with E-state index in [0.29, 0.717) is 12.2 Å². The zero-order chi connectivity index (χ0) is 26.0. The van der Waals surface area contributed by atoms with Crippen LogP contribution in [0.5, 0.6) is 0 Å². The number of hydrogen-bond acceptors (Lipinski definition) is 3. The molecule has 0 heterocycles. The average Bonchev–Trinajstić information content (AvgIpc) is 2.91. The third kappa shape index (κ3) is 5.64. The van der Waals surface area contributed by atoms with Crippen molar-refractivity contribution in [2.24, 2.45) is 0 Å². The van der Waals surface area contributed by atoms with Crippen LogP contribution in [-0.2, 0) is 16.0 Å². The van der Waals surface area contributed by atoms with Gasteiger partial charge >= 0.3 is 0 Å². The summed E-state index contributed by atoms with van der Waals surface area (Å²) in [6.45, 7) is 5.91. The zero-order valence-electron chi connectivity index (χ0n) is 21.1. The van der Waals surface area contributed by atoms with Crippen LogP contribution in [0.2, 0.25) is 0 Å². The lowest BCUT2D eigenvalue weighted by atomic mass is 9.97. The Balaban J connectivity index is 0.00000115. The number of ketones is 1. The molecule has 1 atom stereocenters. The van der Waals surface area contributed by atoms with Crippen LogP contribution in [0, 0.1) is 13.8 Å². The summed E-state index contributed by atoms with van der Waals surface area (Å²) in [6.07, 6.45) is 1.28. The summed E-state index contributed by atoms with van der Waals surface area (Å²) in [5.41, 5.74) is 3.47. The van der Waals surface area contributed by atoms with Gasteiger partial charge in [-0.1, -0.05) is 79.7 Å². The normalized spacial score (nSPS) is 11.6. The molecule has 184 valence electrons. The fourth-order valence-electron chi connectivity index (χ4n) is 5.11. The van der Waals surface area contributed by atoms with E-state index in [0.717, 1.165) is 6.42 Å². The Morgan fingerprint density at radius 2 is 1.08 bits per heavy atom. The Morgan fingerprint density at radius 1 is 0.722 bits per heavy atom. The largest absolute Gasteiger partial charge is 0.554 e. The Bertz CT molecular complexity index is 1140. The average molecular weight is 497 g/mol. The van der Waals surface area contributed by atoms with Crippen LogP contribution in [0.3, 0.4) is 0 Å². The lowest BCUT2D eigenvalue weighted by Gasteiger charge is -2.33. The van der Waals surface area contributed by atoms with E-state index in [1.807, 2.05) is 0 Å². The highest BCUT2D eigenvalue weighted by molar-refractivity contribution is 7.96. The third-order valence-electron chi connectivity index (χ3n) is 6.71. The quantitative estimate of drug-likeness (QED) is 0.266. The molecule has 0 aliphatic rings. The molecule has 36 heavy (non-hydrogen) atoms. The fourth-order valence-corrected chi connectivity index (χ4v) is 10.1. The Morgan fingerprint density at radius 3 is 1.42 bits per heavy atom. The van der Waals surface area contributed by atoms with Crippen molar-refractivity contribution >= 4 is 35.4 Å². The van der Waals surface area contributed by atoms with E-state index in [1.54, 1.807) is 0 Å². The van der Waals surface area contributed by atoms with Crippen molar-refractivity contribution in [2.45, 2.75) is 39.3 Å². The van der Waals surface area contributed by atoms with E-state index < -0.39 is 13.7 Å².